The molecule has 0 aliphatic rings. The van der Waals surface area contributed by atoms with Gasteiger partial charge in [-0.1, -0.05) is 37.3 Å². The van der Waals surface area contributed by atoms with Gasteiger partial charge in [-0.2, -0.15) is 0 Å². The van der Waals surface area contributed by atoms with E-state index in [-0.39, 0.29) is 4.90 Å². The molecular weight excluding hydrogens is 392 g/mol. The summed E-state index contributed by atoms with van der Waals surface area (Å²) < 4.78 is 26.2. The first-order valence-electron chi connectivity index (χ1n) is 9.21. The SMILES string of the molecule is CCNC(=NCc1cccc(S(=O)(=O)NC)c1)NCC(C)Sc1ccccc1. The minimum absolute atomic E-state index is 0.244. The molecule has 0 saturated heterocycles. The summed E-state index contributed by atoms with van der Waals surface area (Å²) in [5.41, 5.74) is 0.834. The summed E-state index contributed by atoms with van der Waals surface area (Å²) in [6.45, 7) is 6.09. The van der Waals surface area contributed by atoms with Crippen molar-refractivity contribution in [2.75, 3.05) is 20.1 Å². The van der Waals surface area contributed by atoms with Gasteiger partial charge in [0.2, 0.25) is 10.0 Å². The van der Waals surface area contributed by atoms with Crippen LogP contribution in [-0.2, 0) is 16.6 Å². The first kappa shape index (κ1) is 22.3. The van der Waals surface area contributed by atoms with E-state index in [1.165, 1.54) is 11.9 Å². The average Bonchev–Trinajstić information content (AvgIpc) is 2.71. The van der Waals surface area contributed by atoms with E-state index in [1.807, 2.05) is 31.2 Å². The van der Waals surface area contributed by atoms with Gasteiger partial charge in [0.25, 0.3) is 0 Å². The molecule has 1 atom stereocenters. The fraction of sp³-hybridized carbons (Fsp3) is 0.350. The minimum Gasteiger partial charge on any atom is -0.357 e. The molecular formula is C20H28N4O2S2. The fourth-order valence-corrected chi connectivity index (χ4v) is 4.20. The molecule has 0 saturated carbocycles. The van der Waals surface area contributed by atoms with Crippen LogP contribution in [0.2, 0.25) is 0 Å². The highest BCUT2D eigenvalue weighted by molar-refractivity contribution is 8.00. The molecule has 0 heterocycles. The summed E-state index contributed by atoms with van der Waals surface area (Å²) in [5.74, 6) is 0.713. The first-order valence-corrected chi connectivity index (χ1v) is 11.6. The lowest BCUT2D eigenvalue weighted by molar-refractivity contribution is 0.588. The molecule has 0 spiro atoms. The van der Waals surface area contributed by atoms with Gasteiger partial charge < -0.3 is 10.6 Å². The third-order valence-electron chi connectivity index (χ3n) is 3.88. The summed E-state index contributed by atoms with van der Waals surface area (Å²) in [4.78, 5) is 6.06. The Hall–Kier alpha value is -2.03. The van der Waals surface area contributed by atoms with Gasteiger partial charge in [0, 0.05) is 23.2 Å². The van der Waals surface area contributed by atoms with E-state index in [1.54, 1.807) is 30.0 Å². The number of aliphatic imine (C=N–C) groups is 1. The van der Waals surface area contributed by atoms with Crippen molar-refractivity contribution >= 4 is 27.7 Å². The second kappa shape index (κ2) is 11.1. The fourth-order valence-electron chi connectivity index (χ4n) is 2.45. The van der Waals surface area contributed by atoms with Crippen molar-refractivity contribution < 1.29 is 8.42 Å². The normalized spacial score (nSPS) is 13.2. The van der Waals surface area contributed by atoms with Crippen LogP contribution in [0.3, 0.4) is 0 Å². The number of sulfonamides is 1. The van der Waals surface area contributed by atoms with Gasteiger partial charge in [-0.3, -0.25) is 0 Å². The molecule has 2 aromatic rings. The van der Waals surface area contributed by atoms with Crippen LogP contribution in [0.25, 0.3) is 0 Å². The van der Waals surface area contributed by atoms with Crippen molar-refractivity contribution in [2.24, 2.45) is 4.99 Å². The Kier molecular flexibility index (Phi) is 8.82. The molecule has 152 valence electrons. The lowest BCUT2D eigenvalue weighted by Crippen LogP contribution is -2.40. The summed E-state index contributed by atoms with van der Waals surface area (Å²) in [7, 11) is -2.05. The van der Waals surface area contributed by atoms with Crippen LogP contribution >= 0.6 is 11.8 Å². The zero-order valence-electron chi connectivity index (χ0n) is 16.5. The summed E-state index contributed by atoms with van der Waals surface area (Å²) in [5, 5.41) is 6.95. The molecule has 0 amide bonds. The molecule has 0 radical (unpaired) electrons. The van der Waals surface area contributed by atoms with Crippen LogP contribution in [0.5, 0.6) is 0 Å². The number of benzene rings is 2. The van der Waals surface area contributed by atoms with Crippen molar-refractivity contribution in [3.63, 3.8) is 0 Å². The standard InChI is InChI=1S/C20H28N4O2S2/c1-4-22-20(23-14-16(2)27-18-10-6-5-7-11-18)24-15-17-9-8-12-19(13-17)28(25,26)21-3/h5-13,16,21H,4,14-15H2,1-3H3,(H2,22,23,24). The van der Waals surface area contributed by atoms with Crippen LogP contribution in [-0.4, -0.2) is 39.8 Å². The van der Waals surface area contributed by atoms with Crippen molar-refractivity contribution in [3.8, 4) is 0 Å². The molecule has 0 aliphatic carbocycles. The van der Waals surface area contributed by atoms with Crippen molar-refractivity contribution in [3.05, 3.63) is 60.2 Å². The van der Waals surface area contributed by atoms with Gasteiger partial charge in [-0.25, -0.2) is 18.1 Å². The third kappa shape index (κ3) is 7.18. The number of nitrogens with one attached hydrogen (secondary N) is 3. The van der Waals surface area contributed by atoms with Gasteiger partial charge in [0.1, 0.15) is 0 Å². The summed E-state index contributed by atoms with van der Waals surface area (Å²) in [6, 6.07) is 17.1. The molecule has 0 bridgehead atoms. The molecule has 0 fully saturated rings. The zero-order chi connectivity index (χ0) is 20.4. The largest absolute Gasteiger partial charge is 0.357 e. The maximum Gasteiger partial charge on any atom is 0.240 e. The monoisotopic (exact) mass is 420 g/mol. The van der Waals surface area contributed by atoms with E-state index in [0.29, 0.717) is 17.8 Å². The third-order valence-corrected chi connectivity index (χ3v) is 6.40. The van der Waals surface area contributed by atoms with Gasteiger partial charge in [0.05, 0.1) is 11.4 Å². The molecule has 0 aliphatic heterocycles. The number of hydrogen-bond acceptors (Lipinski definition) is 4. The Morgan fingerprint density at radius 1 is 1.11 bits per heavy atom. The van der Waals surface area contributed by atoms with Crippen LogP contribution in [0.15, 0.2) is 69.4 Å². The number of hydrogen-bond donors (Lipinski definition) is 3. The Bertz CT molecular complexity index is 871. The number of nitrogens with zero attached hydrogens (tertiary/aromatic N) is 1. The molecule has 1 unspecified atom stereocenters. The summed E-state index contributed by atoms with van der Waals surface area (Å²) in [6.07, 6.45) is 0. The topological polar surface area (TPSA) is 82.6 Å². The van der Waals surface area contributed by atoms with E-state index < -0.39 is 10.0 Å². The molecule has 3 N–H and O–H groups in total. The molecule has 8 heteroatoms. The van der Waals surface area contributed by atoms with E-state index in [4.69, 9.17) is 0 Å². The number of thioether (sulfide) groups is 1. The van der Waals surface area contributed by atoms with E-state index in [9.17, 15) is 8.42 Å². The molecule has 6 nitrogen and oxygen atoms in total. The average molecular weight is 421 g/mol. The highest BCUT2D eigenvalue weighted by Crippen LogP contribution is 2.21. The maximum atomic E-state index is 11.9. The van der Waals surface area contributed by atoms with E-state index in [2.05, 4.69) is 39.4 Å². The first-order chi connectivity index (χ1) is 13.4. The van der Waals surface area contributed by atoms with Crippen LogP contribution in [0, 0.1) is 0 Å². The zero-order valence-corrected chi connectivity index (χ0v) is 18.1. The van der Waals surface area contributed by atoms with Crippen molar-refractivity contribution in [1.29, 1.82) is 0 Å². The predicted molar refractivity (Wildman–Crippen MR) is 117 cm³/mol. The van der Waals surface area contributed by atoms with Crippen molar-refractivity contribution in [1.82, 2.24) is 15.4 Å². The Morgan fingerprint density at radius 2 is 1.86 bits per heavy atom. The second-order valence-corrected chi connectivity index (χ2v) is 9.57. The maximum absolute atomic E-state index is 11.9. The molecule has 2 rings (SSSR count). The molecule has 28 heavy (non-hydrogen) atoms. The van der Waals surface area contributed by atoms with Crippen LogP contribution in [0.1, 0.15) is 19.4 Å². The second-order valence-electron chi connectivity index (χ2n) is 6.17. The molecule has 2 aromatic carbocycles. The molecule has 0 aromatic heterocycles. The van der Waals surface area contributed by atoms with Gasteiger partial charge in [0.15, 0.2) is 5.96 Å². The van der Waals surface area contributed by atoms with Crippen molar-refractivity contribution in [2.45, 2.75) is 35.4 Å². The van der Waals surface area contributed by atoms with Crippen LogP contribution < -0.4 is 15.4 Å². The highest BCUT2D eigenvalue weighted by atomic mass is 32.2. The Morgan fingerprint density at radius 3 is 2.54 bits per heavy atom. The van der Waals surface area contributed by atoms with Gasteiger partial charge in [-0.05, 0) is 43.8 Å². The number of rotatable bonds is 9. The van der Waals surface area contributed by atoms with E-state index >= 15 is 0 Å². The Balaban J connectivity index is 1.97. The lowest BCUT2D eigenvalue weighted by atomic mass is 10.2. The quantitative estimate of drug-likeness (QED) is 0.330. The van der Waals surface area contributed by atoms with Gasteiger partial charge >= 0.3 is 0 Å². The van der Waals surface area contributed by atoms with Crippen LogP contribution in [0.4, 0.5) is 0 Å². The lowest BCUT2D eigenvalue weighted by Gasteiger charge is -2.16. The number of guanidine groups is 1. The summed E-state index contributed by atoms with van der Waals surface area (Å²) >= 11 is 1.81. The Labute approximate surface area is 172 Å². The van der Waals surface area contributed by atoms with E-state index in [0.717, 1.165) is 18.7 Å². The predicted octanol–water partition coefficient (Wildman–Crippen LogP) is 2.83. The highest BCUT2D eigenvalue weighted by Gasteiger charge is 2.11. The minimum atomic E-state index is -3.45. The smallest absolute Gasteiger partial charge is 0.240 e. The van der Waals surface area contributed by atoms with Gasteiger partial charge in [-0.15, -0.1) is 11.8 Å².